The maximum atomic E-state index is 14.0. The molecular weight excluding hydrogens is 675 g/mol. The molecular formula is C46H71N3O5. The Kier molecular flexibility index (Phi) is 11.7. The Balaban J connectivity index is 0.00000245. The first kappa shape index (κ1) is 41.1. The number of esters is 1. The van der Waals surface area contributed by atoms with E-state index in [1.807, 2.05) is 26.1 Å². The summed E-state index contributed by atoms with van der Waals surface area (Å²) in [6.07, 6.45) is 13.8. The van der Waals surface area contributed by atoms with Gasteiger partial charge < -0.3 is 19.5 Å². The van der Waals surface area contributed by atoms with Gasteiger partial charge in [-0.1, -0.05) is 67.0 Å². The smallest absolute Gasteiger partial charge is 0.307 e. The summed E-state index contributed by atoms with van der Waals surface area (Å²) in [6.45, 7) is 23.3. The van der Waals surface area contributed by atoms with Gasteiger partial charge in [0.15, 0.2) is 5.78 Å². The predicted octanol–water partition coefficient (Wildman–Crippen LogP) is 8.32. The number of anilines is 1. The van der Waals surface area contributed by atoms with Crippen LogP contribution in [-0.4, -0.2) is 79.0 Å². The van der Waals surface area contributed by atoms with Crippen molar-refractivity contribution in [3.63, 3.8) is 0 Å². The Bertz CT molecular complexity index is 1560. The Morgan fingerprint density at radius 2 is 1.67 bits per heavy atom. The molecule has 1 aliphatic heterocycles. The molecule has 300 valence electrons. The SMILES string of the molecule is CC(C)C1=C2C3CCC4C(C)(CCC5C(C)(C)C(OC(=O)CC(C)(C)C=O)CCC54C)C3CCC2(CCN2CCN(c3ccccn3)CC2)CC1=O.CO. The van der Waals surface area contributed by atoms with Gasteiger partial charge in [0.25, 0.3) is 0 Å². The van der Waals surface area contributed by atoms with Crippen LogP contribution in [-0.2, 0) is 19.1 Å². The van der Waals surface area contributed by atoms with Gasteiger partial charge in [-0.25, -0.2) is 4.98 Å². The summed E-state index contributed by atoms with van der Waals surface area (Å²) in [6, 6.07) is 6.18. The van der Waals surface area contributed by atoms with E-state index in [2.05, 4.69) is 68.5 Å². The molecule has 8 unspecified atom stereocenters. The molecule has 0 spiro atoms. The highest BCUT2D eigenvalue weighted by atomic mass is 16.5. The van der Waals surface area contributed by atoms with E-state index in [9.17, 15) is 14.4 Å². The minimum absolute atomic E-state index is 0.0304. The third kappa shape index (κ3) is 7.14. The van der Waals surface area contributed by atoms with Gasteiger partial charge in [0.05, 0.1) is 6.42 Å². The maximum absolute atomic E-state index is 14.0. The Hall–Kier alpha value is -2.58. The van der Waals surface area contributed by atoms with Crippen LogP contribution in [0.25, 0.3) is 0 Å². The van der Waals surface area contributed by atoms with E-state index >= 15 is 0 Å². The summed E-state index contributed by atoms with van der Waals surface area (Å²) in [4.78, 5) is 48.3. The maximum Gasteiger partial charge on any atom is 0.307 e. The molecule has 6 aliphatic rings. The number of Topliss-reactive ketones (excluding diaryl/α,β-unsaturated/α-hetero) is 1. The fourth-order valence-corrected chi connectivity index (χ4v) is 13.7. The highest BCUT2D eigenvalue weighted by molar-refractivity contribution is 6.00. The molecule has 1 aromatic heterocycles. The average molecular weight is 746 g/mol. The highest BCUT2D eigenvalue weighted by Gasteiger charge is 2.66. The van der Waals surface area contributed by atoms with Crippen molar-refractivity contribution < 1.29 is 24.2 Å². The monoisotopic (exact) mass is 746 g/mol. The van der Waals surface area contributed by atoms with Crippen molar-refractivity contribution in [3.05, 3.63) is 35.5 Å². The number of pyridine rings is 1. The minimum Gasteiger partial charge on any atom is -0.462 e. The van der Waals surface area contributed by atoms with Crippen LogP contribution >= 0.6 is 0 Å². The zero-order valence-electron chi connectivity index (χ0n) is 35.1. The second kappa shape index (κ2) is 15.4. The zero-order valence-corrected chi connectivity index (χ0v) is 35.1. The predicted molar refractivity (Wildman–Crippen MR) is 215 cm³/mol. The molecule has 0 amide bonds. The van der Waals surface area contributed by atoms with E-state index in [4.69, 9.17) is 9.84 Å². The number of aliphatic hydroxyl groups excluding tert-OH is 1. The van der Waals surface area contributed by atoms with Crippen LogP contribution in [0.15, 0.2) is 35.5 Å². The van der Waals surface area contributed by atoms with Crippen molar-refractivity contribution in [1.82, 2.24) is 9.88 Å². The molecule has 1 saturated heterocycles. The lowest BCUT2D eigenvalue weighted by Gasteiger charge is -2.69. The van der Waals surface area contributed by atoms with Crippen LogP contribution in [0.1, 0.15) is 126 Å². The molecule has 1 aromatic rings. The van der Waals surface area contributed by atoms with Crippen LogP contribution in [0.3, 0.4) is 0 Å². The molecule has 5 aliphatic carbocycles. The Labute approximate surface area is 326 Å². The molecule has 5 fully saturated rings. The third-order valence-electron chi connectivity index (χ3n) is 16.1. The van der Waals surface area contributed by atoms with Crippen molar-refractivity contribution >= 4 is 23.9 Å². The van der Waals surface area contributed by atoms with Crippen molar-refractivity contribution in [3.8, 4) is 0 Å². The van der Waals surface area contributed by atoms with Crippen molar-refractivity contribution in [1.29, 1.82) is 0 Å². The number of ketones is 1. The molecule has 0 radical (unpaired) electrons. The van der Waals surface area contributed by atoms with Crippen molar-refractivity contribution in [2.24, 2.45) is 56.7 Å². The summed E-state index contributed by atoms with van der Waals surface area (Å²) in [5.41, 5.74) is 2.47. The number of rotatable bonds is 9. The first-order chi connectivity index (χ1) is 25.5. The second-order valence-electron chi connectivity index (χ2n) is 20.2. The lowest BCUT2D eigenvalue weighted by Crippen LogP contribution is -2.63. The number of aliphatic hydroxyl groups is 1. The van der Waals surface area contributed by atoms with Gasteiger partial charge in [-0.05, 0) is 122 Å². The van der Waals surface area contributed by atoms with Crippen LogP contribution in [0.4, 0.5) is 5.82 Å². The van der Waals surface area contributed by atoms with Gasteiger partial charge in [-0.15, -0.1) is 0 Å². The lowest BCUT2D eigenvalue weighted by atomic mass is 9.36. The second-order valence-corrected chi connectivity index (χ2v) is 20.2. The summed E-state index contributed by atoms with van der Waals surface area (Å²) in [7, 11) is 1.00. The number of hydrogen-bond acceptors (Lipinski definition) is 8. The summed E-state index contributed by atoms with van der Waals surface area (Å²) < 4.78 is 6.24. The van der Waals surface area contributed by atoms with E-state index in [1.165, 1.54) is 31.3 Å². The molecule has 2 heterocycles. The highest BCUT2D eigenvalue weighted by Crippen LogP contribution is 2.73. The standard InChI is InChI=1S/C45H67N3O4.CH4O/c1-30(2)39-33(50)27-45(20-22-47-23-25-48(26-24-47)37-11-9-10-21-46-37)19-14-32-31(40(39)45)12-13-35-43(32,7)17-15-34-42(5,6)36(16-18-44(34,35)8)52-38(51)28-41(3,4)29-49;1-2/h9-11,21,29-32,34-36H,12-20,22-28H2,1-8H3;2H,1H3. The number of carbonyl (C=O) groups excluding carboxylic acids is 3. The lowest BCUT2D eigenvalue weighted by molar-refractivity contribution is -0.213. The first-order valence-electron chi connectivity index (χ1n) is 21.3. The van der Waals surface area contributed by atoms with Crippen LogP contribution in [0.5, 0.6) is 0 Å². The van der Waals surface area contributed by atoms with Gasteiger partial charge in [0, 0.05) is 62.2 Å². The van der Waals surface area contributed by atoms with E-state index in [0.29, 0.717) is 29.5 Å². The van der Waals surface area contributed by atoms with E-state index < -0.39 is 5.41 Å². The molecule has 54 heavy (non-hydrogen) atoms. The summed E-state index contributed by atoms with van der Waals surface area (Å²) in [5, 5.41) is 7.00. The molecule has 8 atom stereocenters. The number of nitrogens with zero attached hydrogens (tertiary/aromatic N) is 3. The van der Waals surface area contributed by atoms with Crippen LogP contribution in [0, 0.1) is 56.7 Å². The normalized spacial score (nSPS) is 36.3. The van der Waals surface area contributed by atoms with Crippen LogP contribution < -0.4 is 4.90 Å². The number of fused-ring (bicyclic) bond motifs is 7. The largest absolute Gasteiger partial charge is 0.462 e. The third-order valence-corrected chi connectivity index (χ3v) is 16.1. The first-order valence-corrected chi connectivity index (χ1v) is 21.3. The molecule has 8 heteroatoms. The van der Waals surface area contributed by atoms with Gasteiger partial charge in [-0.2, -0.15) is 0 Å². The Morgan fingerprint density at radius 1 is 0.963 bits per heavy atom. The van der Waals surface area contributed by atoms with E-state index in [0.717, 1.165) is 90.5 Å². The number of piperazine rings is 1. The number of ether oxygens (including phenoxy) is 1. The van der Waals surface area contributed by atoms with Crippen molar-refractivity contribution in [2.75, 3.05) is 44.7 Å². The number of aldehydes is 1. The zero-order chi connectivity index (χ0) is 39.3. The topological polar surface area (TPSA) is 100 Å². The van der Waals surface area contributed by atoms with Gasteiger partial charge in [0.2, 0.25) is 0 Å². The molecule has 0 bridgehead atoms. The number of allylic oxidation sites excluding steroid dienone is 2. The van der Waals surface area contributed by atoms with E-state index in [1.54, 1.807) is 5.57 Å². The Morgan fingerprint density at radius 3 is 2.31 bits per heavy atom. The minimum atomic E-state index is -0.696. The fraction of sp³-hybridized carbons (Fsp3) is 0.783. The fourth-order valence-electron chi connectivity index (χ4n) is 13.7. The number of carbonyl (C=O) groups is 3. The molecule has 0 aromatic carbocycles. The number of hydrogen-bond donors (Lipinski definition) is 1. The molecule has 7 rings (SSSR count). The molecule has 1 N–H and O–H groups in total. The van der Waals surface area contributed by atoms with Gasteiger partial charge in [-0.3, -0.25) is 14.5 Å². The molecule has 8 nitrogen and oxygen atoms in total. The molecule has 4 saturated carbocycles. The average Bonchev–Trinajstić information content (AvgIpc) is 3.45. The quantitative estimate of drug-likeness (QED) is 0.199. The van der Waals surface area contributed by atoms with Gasteiger partial charge >= 0.3 is 5.97 Å². The van der Waals surface area contributed by atoms with E-state index in [-0.39, 0.29) is 46.1 Å². The summed E-state index contributed by atoms with van der Waals surface area (Å²) >= 11 is 0. The summed E-state index contributed by atoms with van der Waals surface area (Å²) in [5.74, 6) is 3.82. The van der Waals surface area contributed by atoms with Gasteiger partial charge in [0.1, 0.15) is 18.2 Å². The van der Waals surface area contributed by atoms with Crippen LogP contribution in [0.2, 0.25) is 0 Å². The number of aromatic nitrogens is 1. The van der Waals surface area contributed by atoms with Crippen molar-refractivity contribution in [2.45, 2.75) is 132 Å².